The van der Waals surface area contributed by atoms with Gasteiger partial charge in [0.1, 0.15) is 11.6 Å². The molecular weight excluding hydrogens is 397 g/mol. The first-order valence-electron chi connectivity index (χ1n) is 9.37. The molecule has 1 fully saturated rings. The van der Waals surface area contributed by atoms with Crippen LogP contribution in [0.4, 0.5) is 10.1 Å². The number of amides is 2. The molecule has 6 nitrogen and oxygen atoms in total. The molecular formula is C21H23ClFN3O3. The minimum absolute atomic E-state index is 0.0345. The lowest BCUT2D eigenvalue weighted by molar-refractivity contribution is -0.117. The summed E-state index contributed by atoms with van der Waals surface area (Å²) in [6.07, 6.45) is 1.49. The van der Waals surface area contributed by atoms with Gasteiger partial charge in [0.2, 0.25) is 5.91 Å². The molecule has 8 heteroatoms. The van der Waals surface area contributed by atoms with E-state index in [-0.39, 0.29) is 30.2 Å². The van der Waals surface area contributed by atoms with Gasteiger partial charge < -0.3 is 15.4 Å². The molecule has 154 valence electrons. The summed E-state index contributed by atoms with van der Waals surface area (Å²) >= 11 is 6.07. The Balaban J connectivity index is 1.43. The van der Waals surface area contributed by atoms with Crippen molar-refractivity contribution >= 4 is 29.1 Å². The van der Waals surface area contributed by atoms with Crippen LogP contribution >= 0.6 is 11.6 Å². The van der Waals surface area contributed by atoms with E-state index in [1.807, 2.05) is 4.90 Å². The molecule has 0 atom stereocenters. The average Bonchev–Trinajstić information content (AvgIpc) is 2.70. The van der Waals surface area contributed by atoms with E-state index < -0.39 is 0 Å². The molecule has 3 rings (SSSR count). The fourth-order valence-corrected chi connectivity index (χ4v) is 3.51. The van der Waals surface area contributed by atoms with Crippen LogP contribution in [0.25, 0.3) is 0 Å². The van der Waals surface area contributed by atoms with Crippen LogP contribution < -0.4 is 15.4 Å². The molecule has 1 aliphatic rings. The molecule has 1 saturated heterocycles. The quantitative estimate of drug-likeness (QED) is 0.753. The first kappa shape index (κ1) is 21.1. The van der Waals surface area contributed by atoms with E-state index in [0.29, 0.717) is 35.1 Å². The number of rotatable bonds is 6. The predicted molar refractivity (Wildman–Crippen MR) is 110 cm³/mol. The molecule has 2 aromatic carbocycles. The van der Waals surface area contributed by atoms with Crippen molar-refractivity contribution in [3.05, 3.63) is 58.9 Å². The van der Waals surface area contributed by atoms with Crippen molar-refractivity contribution in [2.45, 2.75) is 18.9 Å². The van der Waals surface area contributed by atoms with Gasteiger partial charge in [-0.15, -0.1) is 0 Å². The summed E-state index contributed by atoms with van der Waals surface area (Å²) in [6.45, 7) is 1.67. The zero-order valence-corrected chi connectivity index (χ0v) is 16.8. The molecule has 0 bridgehead atoms. The predicted octanol–water partition coefficient (Wildman–Crippen LogP) is 3.32. The first-order valence-corrected chi connectivity index (χ1v) is 9.74. The molecule has 0 radical (unpaired) electrons. The number of carbonyl (C=O) groups is 2. The Bertz CT molecular complexity index is 868. The maximum atomic E-state index is 13.0. The lowest BCUT2D eigenvalue weighted by Crippen LogP contribution is -2.46. The van der Waals surface area contributed by atoms with E-state index in [2.05, 4.69) is 10.6 Å². The molecule has 1 heterocycles. The molecule has 0 unspecified atom stereocenters. The Morgan fingerprint density at radius 3 is 2.48 bits per heavy atom. The summed E-state index contributed by atoms with van der Waals surface area (Å²) in [7, 11) is 1.53. The zero-order chi connectivity index (χ0) is 20.8. The van der Waals surface area contributed by atoms with Crippen molar-refractivity contribution in [1.82, 2.24) is 10.2 Å². The molecule has 2 amide bonds. The second-order valence-corrected chi connectivity index (χ2v) is 7.34. The number of ether oxygens (including phenoxy) is 1. The Morgan fingerprint density at radius 2 is 1.86 bits per heavy atom. The molecule has 0 aromatic heterocycles. The number of benzene rings is 2. The van der Waals surface area contributed by atoms with Gasteiger partial charge in [0.25, 0.3) is 5.91 Å². The number of methoxy groups -OCH3 is 1. The number of nitrogens with one attached hydrogen (secondary N) is 2. The van der Waals surface area contributed by atoms with Gasteiger partial charge in [0, 0.05) is 30.4 Å². The van der Waals surface area contributed by atoms with Crippen molar-refractivity contribution in [3.8, 4) is 5.75 Å². The lowest BCUT2D eigenvalue weighted by atomic mass is 10.0. The highest BCUT2D eigenvalue weighted by molar-refractivity contribution is 6.32. The van der Waals surface area contributed by atoms with E-state index >= 15 is 0 Å². The van der Waals surface area contributed by atoms with Crippen LogP contribution in [0.3, 0.4) is 0 Å². The van der Waals surface area contributed by atoms with Gasteiger partial charge in [-0.1, -0.05) is 11.6 Å². The topological polar surface area (TPSA) is 70.7 Å². The number of likely N-dealkylation sites (tertiary alicyclic amines) is 1. The Morgan fingerprint density at radius 1 is 1.17 bits per heavy atom. The van der Waals surface area contributed by atoms with Gasteiger partial charge in [-0.25, -0.2) is 4.39 Å². The van der Waals surface area contributed by atoms with Crippen LogP contribution in [0.1, 0.15) is 23.2 Å². The van der Waals surface area contributed by atoms with Gasteiger partial charge in [-0.05, 0) is 55.3 Å². The largest absolute Gasteiger partial charge is 0.495 e. The number of hydrogen-bond acceptors (Lipinski definition) is 4. The number of halogens is 2. The zero-order valence-electron chi connectivity index (χ0n) is 16.1. The van der Waals surface area contributed by atoms with Crippen LogP contribution in [0.5, 0.6) is 5.75 Å². The van der Waals surface area contributed by atoms with Gasteiger partial charge in [-0.3, -0.25) is 14.5 Å². The third-order valence-electron chi connectivity index (χ3n) is 4.83. The maximum Gasteiger partial charge on any atom is 0.251 e. The van der Waals surface area contributed by atoms with Crippen molar-refractivity contribution in [1.29, 1.82) is 0 Å². The van der Waals surface area contributed by atoms with E-state index in [9.17, 15) is 14.0 Å². The van der Waals surface area contributed by atoms with Crippen molar-refractivity contribution in [2.24, 2.45) is 0 Å². The van der Waals surface area contributed by atoms with E-state index in [4.69, 9.17) is 16.3 Å². The van der Waals surface area contributed by atoms with Gasteiger partial charge in [0.15, 0.2) is 0 Å². The number of nitrogens with zero attached hydrogens (tertiary/aromatic N) is 1. The van der Waals surface area contributed by atoms with Gasteiger partial charge in [0.05, 0.1) is 18.7 Å². The van der Waals surface area contributed by atoms with E-state index in [1.165, 1.54) is 31.4 Å². The van der Waals surface area contributed by atoms with Gasteiger partial charge >= 0.3 is 0 Å². The summed E-state index contributed by atoms with van der Waals surface area (Å²) in [6, 6.07) is 10.6. The molecule has 0 saturated carbocycles. The second-order valence-electron chi connectivity index (χ2n) is 6.93. The number of piperidine rings is 1. The van der Waals surface area contributed by atoms with Crippen molar-refractivity contribution < 1.29 is 18.7 Å². The molecule has 29 heavy (non-hydrogen) atoms. The highest BCUT2D eigenvalue weighted by atomic mass is 35.5. The average molecular weight is 420 g/mol. The number of carbonyl (C=O) groups excluding carboxylic acids is 2. The fourth-order valence-electron chi connectivity index (χ4n) is 3.25. The van der Waals surface area contributed by atoms with Crippen LogP contribution in [0.2, 0.25) is 5.02 Å². The normalized spacial score (nSPS) is 15.0. The van der Waals surface area contributed by atoms with Gasteiger partial charge in [-0.2, -0.15) is 0 Å². The fraction of sp³-hybridized carbons (Fsp3) is 0.333. The molecule has 0 spiro atoms. The smallest absolute Gasteiger partial charge is 0.251 e. The minimum atomic E-state index is -0.370. The summed E-state index contributed by atoms with van der Waals surface area (Å²) in [4.78, 5) is 26.6. The standard InChI is InChI=1S/C21H23ClFN3O3/c1-29-19-7-6-17(12-18(19)22)24-20(27)13-26-10-8-16(9-11-26)25-21(28)14-2-4-15(23)5-3-14/h2-7,12,16H,8-11,13H2,1H3,(H,24,27)(H,25,28). The Hall–Kier alpha value is -2.64. The highest BCUT2D eigenvalue weighted by Gasteiger charge is 2.22. The lowest BCUT2D eigenvalue weighted by Gasteiger charge is -2.31. The monoisotopic (exact) mass is 419 g/mol. The summed E-state index contributed by atoms with van der Waals surface area (Å²) in [5.41, 5.74) is 1.05. The van der Waals surface area contributed by atoms with Crippen molar-refractivity contribution in [3.63, 3.8) is 0 Å². The molecule has 2 N–H and O–H groups in total. The van der Waals surface area contributed by atoms with Crippen LogP contribution in [-0.2, 0) is 4.79 Å². The van der Waals surface area contributed by atoms with E-state index in [1.54, 1.807) is 18.2 Å². The number of hydrogen-bond donors (Lipinski definition) is 2. The highest BCUT2D eigenvalue weighted by Crippen LogP contribution is 2.27. The summed E-state index contributed by atoms with van der Waals surface area (Å²) in [5.74, 6) is -0.155. The molecule has 0 aliphatic carbocycles. The molecule has 1 aliphatic heterocycles. The summed E-state index contributed by atoms with van der Waals surface area (Å²) < 4.78 is 18.1. The van der Waals surface area contributed by atoms with Crippen molar-refractivity contribution in [2.75, 3.05) is 32.1 Å². The first-order chi connectivity index (χ1) is 13.9. The minimum Gasteiger partial charge on any atom is -0.495 e. The third kappa shape index (κ3) is 5.92. The Kier molecular flexibility index (Phi) is 7.06. The second kappa shape index (κ2) is 9.71. The van der Waals surface area contributed by atoms with Crippen LogP contribution in [-0.4, -0.2) is 49.5 Å². The molecule has 2 aromatic rings. The summed E-state index contributed by atoms with van der Waals surface area (Å²) in [5, 5.41) is 6.23. The maximum absolute atomic E-state index is 13.0. The third-order valence-corrected chi connectivity index (χ3v) is 5.13. The van der Waals surface area contributed by atoms with Crippen LogP contribution in [0.15, 0.2) is 42.5 Å². The van der Waals surface area contributed by atoms with E-state index in [0.717, 1.165) is 12.8 Å². The SMILES string of the molecule is COc1ccc(NC(=O)CN2CCC(NC(=O)c3ccc(F)cc3)CC2)cc1Cl. The van der Waals surface area contributed by atoms with Crippen LogP contribution in [0, 0.1) is 5.82 Å². The Labute approximate surface area is 174 Å². The number of anilines is 1.